The van der Waals surface area contributed by atoms with Crippen LogP contribution in [-0.2, 0) is 0 Å². The Kier molecular flexibility index (Phi) is 5.87. The van der Waals surface area contributed by atoms with Gasteiger partial charge in [0.15, 0.2) is 17.8 Å². The highest BCUT2D eigenvalue weighted by Gasteiger charge is 2.23. The van der Waals surface area contributed by atoms with E-state index in [1.165, 1.54) is 21.3 Å². The van der Waals surface area contributed by atoms with Crippen LogP contribution in [0.5, 0.6) is 23.1 Å². The van der Waals surface area contributed by atoms with E-state index in [1.807, 2.05) is 24.3 Å². The van der Waals surface area contributed by atoms with Crippen LogP contribution in [0.4, 0.5) is 5.69 Å². The predicted octanol–water partition coefficient (Wildman–Crippen LogP) is 3.84. The molecule has 0 aliphatic heterocycles. The minimum absolute atomic E-state index is 0.358. The summed E-state index contributed by atoms with van der Waals surface area (Å²) in [6.07, 6.45) is 0.732. The SMILES string of the molecule is COc1cccc(-c2ccc(N)c(-c3c(C=O)cc(OC)c(OC)c3OC)c2)n1. The highest BCUT2D eigenvalue weighted by Crippen LogP contribution is 2.48. The number of nitrogens with zero attached hydrogens (tertiary/aromatic N) is 1. The summed E-state index contributed by atoms with van der Waals surface area (Å²) in [5.41, 5.74) is 9.76. The van der Waals surface area contributed by atoms with Crippen LogP contribution in [0.2, 0.25) is 0 Å². The first-order valence-corrected chi connectivity index (χ1v) is 8.77. The number of nitrogens with two attached hydrogens (primary N) is 1. The zero-order chi connectivity index (χ0) is 21.0. The van der Waals surface area contributed by atoms with Gasteiger partial charge < -0.3 is 24.7 Å². The maximum Gasteiger partial charge on any atom is 0.213 e. The number of methoxy groups -OCH3 is 4. The summed E-state index contributed by atoms with van der Waals surface area (Å²) < 4.78 is 21.6. The number of benzene rings is 2. The third-order valence-corrected chi connectivity index (χ3v) is 4.54. The van der Waals surface area contributed by atoms with E-state index in [-0.39, 0.29) is 0 Å². The molecular formula is C22H22N2O5. The van der Waals surface area contributed by atoms with Crippen molar-refractivity contribution in [2.75, 3.05) is 34.2 Å². The molecule has 2 N–H and O–H groups in total. The van der Waals surface area contributed by atoms with Gasteiger partial charge in [-0.25, -0.2) is 4.98 Å². The highest BCUT2D eigenvalue weighted by molar-refractivity contribution is 5.97. The summed E-state index contributed by atoms with van der Waals surface area (Å²) in [5.74, 6) is 1.62. The second-order valence-electron chi connectivity index (χ2n) is 6.09. The largest absolute Gasteiger partial charge is 0.493 e. The van der Waals surface area contributed by atoms with Gasteiger partial charge in [0.25, 0.3) is 0 Å². The first-order valence-electron chi connectivity index (χ1n) is 8.77. The molecule has 29 heavy (non-hydrogen) atoms. The van der Waals surface area contributed by atoms with Crippen molar-refractivity contribution >= 4 is 12.0 Å². The Morgan fingerprint density at radius 3 is 2.28 bits per heavy atom. The van der Waals surface area contributed by atoms with Gasteiger partial charge in [0, 0.05) is 34.0 Å². The standard InChI is InChI=1S/C22H22N2O5/c1-26-18-11-14(12-25)20(22(29-4)21(18)28-3)15-10-13(8-9-16(15)23)17-6-5-7-19(24-17)27-2/h5-12H,23H2,1-4H3. The van der Waals surface area contributed by atoms with Crippen molar-refractivity contribution < 1.29 is 23.7 Å². The van der Waals surface area contributed by atoms with Gasteiger partial charge in [-0.1, -0.05) is 12.1 Å². The number of pyridine rings is 1. The minimum atomic E-state index is 0.358. The predicted molar refractivity (Wildman–Crippen MR) is 111 cm³/mol. The van der Waals surface area contributed by atoms with Gasteiger partial charge in [-0.15, -0.1) is 0 Å². The molecule has 0 aliphatic carbocycles. The number of hydrogen-bond donors (Lipinski definition) is 1. The Labute approximate surface area is 169 Å². The normalized spacial score (nSPS) is 10.3. The van der Waals surface area contributed by atoms with Crippen LogP contribution >= 0.6 is 0 Å². The molecule has 0 amide bonds. The van der Waals surface area contributed by atoms with Crippen LogP contribution in [0.3, 0.4) is 0 Å². The van der Waals surface area contributed by atoms with Crippen molar-refractivity contribution in [3.05, 3.63) is 48.0 Å². The lowest BCUT2D eigenvalue weighted by Gasteiger charge is -2.19. The molecule has 150 valence electrons. The van der Waals surface area contributed by atoms with Gasteiger partial charge in [0.1, 0.15) is 0 Å². The maximum atomic E-state index is 11.9. The lowest BCUT2D eigenvalue weighted by Crippen LogP contribution is -2.02. The fraction of sp³-hybridized carbons (Fsp3) is 0.182. The number of rotatable bonds is 7. The van der Waals surface area contributed by atoms with Crippen molar-refractivity contribution in [1.82, 2.24) is 4.98 Å². The van der Waals surface area contributed by atoms with Crippen molar-refractivity contribution in [3.63, 3.8) is 0 Å². The molecule has 0 saturated heterocycles. The van der Waals surface area contributed by atoms with Gasteiger partial charge in [0.2, 0.25) is 11.6 Å². The zero-order valence-electron chi connectivity index (χ0n) is 16.7. The van der Waals surface area contributed by atoms with Gasteiger partial charge >= 0.3 is 0 Å². The molecule has 3 aromatic rings. The van der Waals surface area contributed by atoms with Crippen molar-refractivity contribution in [3.8, 4) is 45.5 Å². The average Bonchev–Trinajstić information content (AvgIpc) is 2.77. The van der Waals surface area contributed by atoms with E-state index in [4.69, 9.17) is 24.7 Å². The first kappa shape index (κ1) is 20.0. The Hall–Kier alpha value is -3.74. The maximum absolute atomic E-state index is 11.9. The number of hydrogen-bond acceptors (Lipinski definition) is 7. The van der Waals surface area contributed by atoms with Crippen molar-refractivity contribution in [1.29, 1.82) is 0 Å². The van der Waals surface area contributed by atoms with Gasteiger partial charge in [-0.3, -0.25) is 4.79 Å². The van der Waals surface area contributed by atoms with Gasteiger partial charge in [-0.2, -0.15) is 0 Å². The molecule has 0 radical (unpaired) electrons. The van der Waals surface area contributed by atoms with E-state index in [2.05, 4.69) is 4.98 Å². The quantitative estimate of drug-likeness (QED) is 0.481. The first-order chi connectivity index (χ1) is 14.1. The third kappa shape index (κ3) is 3.67. The second kappa shape index (κ2) is 8.52. The van der Waals surface area contributed by atoms with Crippen LogP contribution < -0.4 is 24.7 Å². The van der Waals surface area contributed by atoms with E-state index in [0.29, 0.717) is 51.2 Å². The molecule has 7 nitrogen and oxygen atoms in total. The van der Waals surface area contributed by atoms with Crippen molar-refractivity contribution in [2.24, 2.45) is 0 Å². The smallest absolute Gasteiger partial charge is 0.213 e. The van der Waals surface area contributed by atoms with Crippen molar-refractivity contribution in [2.45, 2.75) is 0 Å². The summed E-state index contributed by atoms with van der Waals surface area (Å²) in [6, 6.07) is 12.6. The molecule has 0 atom stereocenters. The molecule has 0 saturated carbocycles. The summed E-state index contributed by atoms with van der Waals surface area (Å²) in [6.45, 7) is 0. The number of carbonyl (C=O) groups excluding carboxylic acids is 1. The molecule has 0 aliphatic rings. The van der Waals surface area contributed by atoms with E-state index in [9.17, 15) is 4.79 Å². The van der Waals surface area contributed by atoms with Crippen LogP contribution in [-0.4, -0.2) is 39.7 Å². The number of nitrogen functional groups attached to an aromatic ring is 1. The average molecular weight is 394 g/mol. The summed E-state index contributed by atoms with van der Waals surface area (Å²) in [7, 11) is 6.06. The number of ether oxygens (including phenoxy) is 4. The molecule has 7 heteroatoms. The van der Waals surface area contributed by atoms with Gasteiger partial charge in [-0.05, 0) is 24.3 Å². The topological polar surface area (TPSA) is 92.9 Å². The summed E-state index contributed by atoms with van der Waals surface area (Å²) >= 11 is 0. The molecule has 2 aromatic carbocycles. The monoisotopic (exact) mass is 394 g/mol. The number of anilines is 1. The number of aromatic nitrogens is 1. The fourth-order valence-corrected chi connectivity index (χ4v) is 3.17. The number of carbonyl (C=O) groups is 1. The molecule has 0 bridgehead atoms. The van der Waals surface area contributed by atoms with Crippen LogP contribution in [0.25, 0.3) is 22.4 Å². The molecule has 3 rings (SSSR count). The summed E-state index contributed by atoms with van der Waals surface area (Å²) in [5, 5.41) is 0. The highest BCUT2D eigenvalue weighted by atomic mass is 16.5. The summed E-state index contributed by atoms with van der Waals surface area (Å²) in [4.78, 5) is 16.3. The Bertz CT molecular complexity index is 1050. The van der Waals surface area contributed by atoms with E-state index in [0.717, 1.165) is 11.8 Å². The lowest BCUT2D eigenvalue weighted by atomic mass is 9.94. The molecule has 1 aromatic heterocycles. The van der Waals surface area contributed by atoms with Gasteiger partial charge in [0.05, 0.1) is 34.1 Å². The number of aldehydes is 1. The van der Waals surface area contributed by atoms with E-state index < -0.39 is 0 Å². The molecule has 0 unspecified atom stereocenters. The molecule has 0 spiro atoms. The molecule has 1 heterocycles. The molecule has 0 fully saturated rings. The Morgan fingerprint density at radius 2 is 1.66 bits per heavy atom. The zero-order valence-corrected chi connectivity index (χ0v) is 16.7. The third-order valence-electron chi connectivity index (χ3n) is 4.54. The van der Waals surface area contributed by atoms with E-state index >= 15 is 0 Å². The van der Waals surface area contributed by atoms with E-state index in [1.54, 1.807) is 25.3 Å². The van der Waals surface area contributed by atoms with Crippen LogP contribution in [0.15, 0.2) is 42.5 Å². The second-order valence-corrected chi connectivity index (χ2v) is 6.09. The molecular weight excluding hydrogens is 372 g/mol. The minimum Gasteiger partial charge on any atom is -0.493 e. The van der Waals surface area contributed by atoms with Crippen LogP contribution in [0.1, 0.15) is 10.4 Å². The van der Waals surface area contributed by atoms with Crippen LogP contribution in [0, 0.1) is 0 Å². The Balaban J connectivity index is 2.29. The lowest BCUT2D eigenvalue weighted by molar-refractivity contribution is 0.112. The fourth-order valence-electron chi connectivity index (χ4n) is 3.17. The Morgan fingerprint density at radius 1 is 0.897 bits per heavy atom.